The van der Waals surface area contributed by atoms with Crippen molar-refractivity contribution in [2.24, 2.45) is 11.8 Å². The highest BCUT2D eigenvalue weighted by Crippen LogP contribution is 2.36. The van der Waals surface area contributed by atoms with Crippen molar-refractivity contribution in [1.29, 1.82) is 0 Å². The van der Waals surface area contributed by atoms with Crippen molar-refractivity contribution in [1.82, 2.24) is 5.32 Å². The molecule has 2 aliphatic rings. The van der Waals surface area contributed by atoms with Crippen molar-refractivity contribution in [2.75, 3.05) is 11.9 Å². The lowest BCUT2D eigenvalue weighted by Crippen LogP contribution is -2.45. The number of anilines is 1. The van der Waals surface area contributed by atoms with Gasteiger partial charge in [-0.05, 0) is 43.4 Å². The van der Waals surface area contributed by atoms with Gasteiger partial charge in [-0.3, -0.25) is 9.59 Å². The number of carbonyl (C=O) groups is 3. The highest BCUT2D eigenvalue weighted by Gasteiger charge is 2.28. The number of nitrogens with one attached hydrogen (secondary N) is 2. The highest BCUT2D eigenvalue weighted by atomic mass is 32.2. The first-order valence-corrected chi connectivity index (χ1v) is 10.3. The zero-order valence-electron chi connectivity index (χ0n) is 15.9. The number of esters is 1. The van der Waals surface area contributed by atoms with E-state index in [2.05, 4.69) is 24.5 Å². The molecular formula is C20H26N2O4S. The quantitative estimate of drug-likeness (QED) is 0.771. The molecule has 1 aromatic rings. The van der Waals surface area contributed by atoms with E-state index in [9.17, 15) is 14.4 Å². The number of hydrogen-bond donors (Lipinski definition) is 2. The Kier molecular flexibility index (Phi) is 6.09. The van der Waals surface area contributed by atoms with Gasteiger partial charge < -0.3 is 15.4 Å². The normalized spacial score (nSPS) is 27.3. The first-order valence-electron chi connectivity index (χ1n) is 9.43. The molecule has 0 spiro atoms. The van der Waals surface area contributed by atoms with Crippen LogP contribution in [0.25, 0.3) is 0 Å². The van der Waals surface area contributed by atoms with E-state index in [1.807, 2.05) is 6.92 Å². The van der Waals surface area contributed by atoms with Crippen LogP contribution in [0.2, 0.25) is 0 Å². The van der Waals surface area contributed by atoms with E-state index in [1.54, 1.807) is 18.2 Å². The predicted molar refractivity (Wildman–Crippen MR) is 105 cm³/mol. The van der Waals surface area contributed by atoms with Gasteiger partial charge in [-0.25, -0.2) is 4.79 Å². The molecule has 6 nitrogen and oxygen atoms in total. The average Bonchev–Trinajstić information content (AvgIpc) is 2.64. The lowest BCUT2D eigenvalue weighted by atomic mass is 9.78. The number of thioether (sulfide) groups is 1. The molecule has 1 aliphatic carbocycles. The second-order valence-electron chi connectivity index (χ2n) is 7.48. The van der Waals surface area contributed by atoms with Gasteiger partial charge in [0.05, 0.1) is 16.5 Å². The molecular weight excluding hydrogens is 364 g/mol. The molecule has 0 aromatic heterocycles. The lowest BCUT2D eigenvalue weighted by molar-refractivity contribution is -0.125. The van der Waals surface area contributed by atoms with Gasteiger partial charge in [0.1, 0.15) is 0 Å². The van der Waals surface area contributed by atoms with Crippen LogP contribution in [0, 0.1) is 11.8 Å². The molecule has 27 heavy (non-hydrogen) atoms. The number of fused-ring (bicyclic) bond motifs is 1. The molecule has 1 fully saturated rings. The van der Waals surface area contributed by atoms with Crippen LogP contribution in [0.3, 0.4) is 0 Å². The molecule has 3 rings (SSSR count). The summed E-state index contributed by atoms with van der Waals surface area (Å²) in [6, 6.07) is 5.17. The molecule has 7 heteroatoms. The Morgan fingerprint density at radius 2 is 2.04 bits per heavy atom. The molecule has 4 atom stereocenters. The smallest absolute Gasteiger partial charge is 0.338 e. The molecule has 146 valence electrons. The van der Waals surface area contributed by atoms with Crippen molar-refractivity contribution in [2.45, 2.75) is 56.2 Å². The Morgan fingerprint density at radius 3 is 2.81 bits per heavy atom. The van der Waals surface area contributed by atoms with E-state index in [0.717, 1.165) is 17.7 Å². The monoisotopic (exact) mass is 390 g/mol. The summed E-state index contributed by atoms with van der Waals surface area (Å²) in [6.45, 7) is 5.89. The van der Waals surface area contributed by atoms with Crippen LogP contribution in [0.15, 0.2) is 23.1 Å². The number of benzene rings is 1. The van der Waals surface area contributed by atoms with E-state index < -0.39 is 5.97 Å². The minimum atomic E-state index is -0.573. The topological polar surface area (TPSA) is 84.5 Å². The maximum atomic E-state index is 12.3. The minimum Gasteiger partial charge on any atom is -0.452 e. The van der Waals surface area contributed by atoms with Gasteiger partial charge in [-0.2, -0.15) is 0 Å². The number of amides is 2. The van der Waals surface area contributed by atoms with E-state index in [0.29, 0.717) is 23.1 Å². The molecule has 0 radical (unpaired) electrons. The third-order valence-electron chi connectivity index (χ3n) is 5.53. The van der Waals surface area contributed by atoms with Gasteiger partial charge in [-0.15, -0.1) is 11.8 Å². The highest BCUT2D eigenvalue weighted by molar-refractivity contribution is 8.00. The van der Waals surface area contributed by atoms with Gasteiger partial charge in [0, 0.05) is 10.9 Å². The summed E-state index contributed by atoms with van der Waals surface area (Å²) in [4.78, 5) is 37.1. The maximum absolute atomic E-state index is 12.3. The Hall–Kier alpha value is -2.02. The van der Waals surface area contributed by atoms with Crippen molar-refractivity contribution >= 4 is 35.2 Å². The zero-order chi connectivity index (χ0) is 19.6. The summed E-state index contributed by atoms with van der Waals surface area (Å²) in [6.07, 6.45) is 3.26. The predicted octanol–water partition coefficient (Wildman–Crippen LogP) is 3.22. The first kappa shape index (κ1) is 19.7. The maximum Gasteiger partial charge on any atom is 0.338 e. The average molecular weight is 391 g/mol. The Bertz CT molecular complexity index is 751. The molecule has 2 N–H and O–H groups in total. The number of ether oxygens (including phenoxy) is 1. The van der Waals surface area contributed by atoms with Crippen molar-refractivity contribution < 1.29 is 19.1 Å². The lowest BCUT2D eigenvalue weighted by Gasteiger charge is -2.34. The number of carbonyl (C=O) groups excluding carboxylic acids is 3. The Labute approximate surface area is 163 Å². The van der Waals surface area contributed by atoms with Crippen molar-refractivity contribution in [3.8, 4) is 0 Å². The number of hydrogen-bond acceptors (Lipinski definition) is 5. The third kappa shape index (κ3) is 4.64. The van der Waals surface area contributed by atoms with Gasteiger partial charge >= 0.3 is 5.97 Å². The molecule has 1 saturated carbocycles. The molecule has 2 amide bonds. The molecule has 1 heterocycles. The standard InChI is InChI=1S/C20H26N2O4S/c1-11-5-4-6-15(12(11)2)21-18(23)10-26-20(25)14-7-8-17-16(9-14)22-19(24)13(3)27-17/h7-9,11-13,15H,4-6,10H2,1-3H3,(H,21,23)(H,22,24). The minimum absolute atomic E-state index is 0.0896. The fourth-order valence-electron chi connectivity index (χ4n) is 3.58. The van der Waals surface area contributed by atoms with Crippen LogP contribution in [-0.2, 0) is 14.3 Å². The third-order valence-corrected chi connectivity index (χ3v) is 6.71. The van der Waals surface area contributed by atoms with E-state index in [1.165, 1.54) is 18.2 Å². The van der Waals surface area contributed by atoms with Gasteiger partial charge in [0.2, 0.25) is 5.91 Å². The fraction of sp³-hybridized carbons (Fsp3) is 0.550. The molecule has 0 saturated heterocycles. The SMILES string of the molecule is CC1Sc2ccc(C(=O)OCC(=O)NC3CCCC(C)C3C)cc2NC1=O. The van der Waals surface area contributed by atoms with Crippen molar-refractivity contribution in [3.05, 3.63) is 23.8 Å². The summed E-state index contributed by atoms with van der Waals surface area (Å²) in [7, 11) is 0. The fourth-order valence-corrected chi connectivity index (χ4v) is 4.51. The summed E-state index contributed by atoms with van der Waals surface area (Å²) in [5, 5.41) is 5.61. The van der Waals surface area contributed by atoms with Crippen molar-refractivity contribution in [3.63, 3.8) is 0 Å². The van der Waals surface area contributed by atoms with Crippen LogP contribution < -0.4 is 10.6 Å². The van der Waals surface area contributed by atoms with E-state index in [4.69, 9.17) is 4.74 Å². The van der Waals surface area contributed by atoms with Crippen LogP contribution in [-0.4, -0.2) is 35.7 Å². The van der Waals surface area contributed by atoms with Crippen LogP contribution >= 0.6 is 11.8 Å². The summed E-state index contributed by atoms with van der Waals surface area (Å²) in [5.41, 5.74) is 0.920. The Morgan fingerprint density at radius 1 is 1.26 bits per heavy atom. The Balaban J connectivity index is 1.54. The number of rotatable bonds is 4. The van der Waals surface area contributed by atoms with Crippen LogP contribution in [0.5, 0.6) is 0 Å². The molecule has 4 unspecified atom stereocenters. The molecule has 1 aromatic carbocycles. The second-order valence-corrected chi connectivity index (χ2v) is 8.86. The summed E-state index contributed by atoms with van der Waals surface area (Å²) in [5.74, 6) is 0.0643. The zero-order valence-corrected chi connectivity index (χ0v) is 16.7. The first-order chi connectivity index (χ1) is 12.8. The van der Waals surface area contributed by atoms with E-state index in [-0.39, 0.29) is 29.7 Å². The van der Waals surface area contributed by atoms with E-state index >= 15 is 0 Å². The summed E-state index contributed by atoms with van der Waals surface area (Å²) < 4.78 is 5.16. The summed E-state index contributed by atoms with van der Waals surface area (Å²) >= 11 is 1.45. The second kappa shape index (κ2) is 8.33. The van der Waals surface area contributed by atoms with Gasteiger partial charge in [0.25, 0.3) is 5.91 Å². The van der Waals surface area contributed by atoms with Crippen LogP contribution in [0.1, 0.15) is 50.4 Å². The van der Waals surface area contributed by atoms with Crippen LogP contribution in [0.4, 0.5) is 5.69 Å². The van der Waals surface area contributed by atoms with Gasteiger partial charge in [0.15, 0.2) is 6.61 Å². The molecule has 0 bridgehead atoms. The molecule has 1 aliphatic heterocycles. The largest absolute Gasteiger partial charge is 0.452 e. The van der Waals surface area contributed by atoms with Gasteiger partial charge in [-0.1, -0.05) is 26.7 Å².